The van der Waals surface area contributed by atoms with Gasteiger partial charge >= 0.3 is 0 Å². The second kappa shape index (κ2) is 7.99. The van der Waals surface area contributed by atoms with Crippen molar-refractivity contribution in [2.75, 3.05) is 20.1 Å². The Balaban J connectivity index is 1.24. The molecule has 2 aliphatic heterocycles. The van der Waals surface area contributed by atoms with E-state index in [-0.39, 0.29) is 29.8 Å². The molecule has 1 spiro atoms. The second-order valence-corrected chi connectivity index (χ2v) is 12.0. The van der Waals surface area contributed by atoms with Gasteiger partial charge in [-0.2, -0.15) is 0 Å². The maximum Gasteiger partial charge on any atom is 0.298 e. The molecule has 5 atom stereocenters. The highest BCUT2D eigenvalue weighted by Gasteiger charge is 2.72. The lowest BCUT2D eigenvalue weighted by molar-refractivity contribution is -0.198. The summed E-state index contributed by atoms with van der Waals surface area (Å²) >= 11 is 0. The van der Waals surface area contributed by atoms with Crippen LogP contribution in [0.2, 0.25) is 0 Å². The molecule has 2 N–H and O–H groups in total. The molecule has 1 amide bonds. The van der Waals surface area contributed by atoms with Crippen molar-refractivity contribution in [2.45, 2.75) is 74.7 Å². The van der Waals surface area contributed by atoms with Gasteiger partial charge in [-0.05, 0) is 80.8 Å². The van der Waals surface area contributed by atoms with Gasteiger partial charge in [0.1, 0.15) is 6.10 Å². The summed E-state index contributed by atoms with van der Waals surface area (Å²) in [5, 5.41) is 23.5. The highest BCUT2D eigenvalue weighted by Crippen LogP contribution is 2.65. The Bertz CT molecular complexity index is 1360. The van der Waals surface area contributed by atoms with E-state index in [1.54, 1.807) is 18.0 Å². The van der Waals surface area contributed by atoms with Crippen LogP contribution < -0.4 is 4.74 Å². The second-order valence-electron chi connectivity index (χ2n) is 12.0. The van der Waals surface area contributed by atoms with Gasteiger partial charge in [0.2, 0.25) is 0 Å². The maximum absolute atomic E-state index is 13.2. The average Bonchev–Trinajstić information content (AvgIpc) is 3.62. The number of aliphatic hydroxyl groups is 1. The molecule has 5 aliphatic rings. The van der Waals surface area contributed by atoms with Crippen LogP contribution in [0, 0.1) is 24.7 Å². The van der Waals surface area contributed by atoms with Crippen molar-refractivity contribution in [3.63, 3.8) is 0 Å². The Morgan fingerprint density at radius 3 is 2.89 bits per heavy atom. The molecule has 3 aliphatic carbocycles. The molecule has 2 bridgehead atoms. The molecule has 0 radical (unpaired) electrons. The predicted molar refractivity (Wildman–Crippen MR) is 139 cm³/mol. The molecule has 7 rings (SSSR count). The van der Waals surface area contributed by atoms with Gasteiger partial charge in [0, 0.05) is 49.1 Å². The number of carbonyl (C=O) groups excluding carboxylic acids is 1. The highest BCUT2D eigenvalue weighted by molar-refractivity contribution is 5.94. The number of aryl methyl sites for hydroxylation is 1. The van der Waals surface area contributed by atoms with Gasteiger partial charge < -0.3 is 19.8 Å². The number of rotatable bonds is 3. The van der Waals surface area contributed by atoms with Gasteiger partial charge in [0.25, 0.3) is 5.91 Å². The van der Waals surface area contributed by atoms with E-state index in [0.29, 0.717) is 18.6 Å². The summed E-state index contributed by atoms with van der Waals surface area (Å²) in [6.07, 6.45) is 4.89. The van der Waals surface area contributed by atoms with Crippen molar-refractivity contribution < 1.29 is 19.7 Å². The molecule has 2 aromatic carbocycles. The fraction of sp³-hybridized carbons (Fsp3) is 0.516. The van der Waals surface area contributed by atoms with Crippen molar-refractivity contribution in [1.82, 2.24) is 9.80 Å². The van der Waals surface area contributed by atoms with E-state index in [1.165, 1.54) is 18.4 Å². The zero-order valence-electron chi connectivity index (χ0n) is 21.5. The van der Waals surface area contributed by atoms with Gasteiger partial charge in [0.15, 0.2) is 11.5 Å². The number of hydrogen-bond acceptors (Lipinski definition) is 5. The normalized spacial score (nSPS) is 33.1. The van der Waals surface area contributed by atoms with E-state index in [2.05, 4.69) is 16.7 Å². The minimum atomic E-state index is -1.04. The summed E-state index contributed by atoms with van der Waals surface area (Å²) < 4.78 is 6.50. The molecule has 1 saturated heterocycles. The average molecular weight is 499 g/mol. The quantitative estimate of drug-likeness (QED) is 0.637. The molecule has 6 nitrogen and oxygen atoms in total. The van der Waals surface area contributed by atoms with Crippen LogP contribution in [0.4, 0.5) is 0 Å². The molecule has 6 heteroatoms. The predicted octanol–water partition coefficient (Wildman–Crippen LogP) is 3.14. The maximum atomic E-state index is 13.2. The van der Waals surface area contributed by atoms with E-state index in [9.17, 15) is 15.0 Å². The van der Waals surface area contributed by atoms with Crippen molar-refractivity contribution in [2.24, 2.45) is 5.92 Å². The Labute approximate surface area is 218 Å². The van der Waals surface area contributed by atoms with Crippen molar-refractivity contribution >= 4 is 5.91 Å². The molecular formula is C31H34N2O4. The van der Waals surface area contributed by atoms with E-state index < -0.39 is 11.0 Å². The Kier molecular flexibility index (Phi) is 5.00. The Hall–Kier alpha value is -3.01. The van der Waals surface area contributed by atoms with Crippen molar-refractivity contribution in [1.29, 1.82) is 0 Å². The topological polar surface area (TPSA) is 73.2 Å². The van der Waals surface area contributed by atoms with Crippen LogP contribution in [0.5, 0.6) is 11.5 Å². The summed E-state index contributed by atoms with van der Waals surface area (Å²) in [6.45, 7) is 3.96. The molecule has 2 heterocycles. The summed E-state index contributed by atoms with van der Waals surface area (Å²) in [5.74, 6) is 7.01. The first-order chi connectivity index (χ1) is 17.8. The third-order valence-electron chi connectivity index (χ3n) is 9.87. The first-order valence-electron chi connectivity index (χ1n) is 13.6. The number of carbonyl (C=O) groups is 1. The van der Waals surface area contributed by atoms with Crippen LogP contribution in [-0.2, 0) is 16.6 Å². The number of amides is 1. The zero-order chi connectivity index (χ0) is 25.5. The fourth-order valence-corrected chi connectivity index (χ4v) is 7.88. The lowest BCUT2D eigenvalue weighted by Crippen LogP contribution is -2.77. The van der Waals surface area contributed by atoms with Gasteiger partial charge in [-0.3, -0.25) is 9.69 Å². The van der Waals surface area contributed by atoms with Crippen LogP contribution in [0.25, 0.3) is 0 Å². The summed E-state index contributed by atoms with van der Waals surface area (Å²) in [5.41, 5.74) is 2.54. The number of likely N-dealkylation sites (tertiary alicyclic amines) is 1. The number of hydrogen-bond donors (Lipinski definition) is 2. The van der Waals surface area contributed by atoms with Crippen LogP contribution in [-0.4, -0.2) is 69.8 Å². The van der Waals surface area contributed by atoms with Crippen LogP contribution >= 0.6 is 0 Å². The van der Waals surface area contributed by atoms with Crippen molar-refractivity contribution in [3.05, 3.63) is 58.7 Å². The fourth-order valence-electron chi connectivity index (χ4n) is 7.88. The molecule has 0 aromatic heterocycles. The summed E-state index contributed by atoms with van der Waals surface area (Å²) in [7, 11) is 1.80. The molecule has 0 unspecified atom stereocenters. The molecule has 2 saturated carbocycles. The van der Waals surface area contributed by atoms with Gasteiger partial charge in [-0.15, -0.1) is 0 Å². The molecule has 37 heavy (non-hydrogen) atoms. The number of nitrogens with zero attached hydrogens (tertiary/aromatic N) is 2. The highest BCUT2D eigenvalue weighted by atomic mass is 16.5. The van der Waals surface area contributed by atoms with E-state index in [1.807, 2.05) is 37.3 Å². The molecular weight excluding hydrogens is 464 g/mol. The third-order valence-corrected chi connectivity index (χ3v) is 9.87. The third kappa shape index (κ3) is 3.30. The van der Waals surface area contributed by atoms with Crippen LogP contribution in [0.15, 0.2) is 36.4 Å². The lowest BCUT2D eigenvalue weighted by atomic mass is 9.48. The number of ether oxygens (including phenoxy) is 1. The number of benzene rings is 2. The summed E-state index contributed by atoms with van der Waals surface area (Å²) in [4.78, 5) is 17.4. The lowest BCUT2D eigenvalue weighted by Gasteiger charge is -2.64. The number of aromatic hydroxyl groups is 1. The minimum Gasteiger partial charge on any atom is -0.504 e. The van der Waals surface area contributed by atoms with Gasteiger partial charge in [-0.25, -0.2) is 0 Å². The Morgan fingerprint density at radius 1 is 1.27 bits per heavy atom. The largest absolute Gasteiger partial charge is 0.504 e. The van der Waals surface area contributed by atoms with E-state index in [4.69, 9.17) is 4.74 Å². The SMILES string of the molecule is Cc1cccc(C#CC(=O)N(C)[C@@H]2C[C@@H]3Oc4c(O)ccc5c4[C@@]34CCN(CC3CC3)[C@H](C5)[C@]4(O)C2)c1. The number of phenolic OH excluding ortho intramolecular Hbond substituents is 1. The van der Waals surface area contributed by atoms with Crippen molar-refractivity contribution in [3.8, 4) is 23.3 Å². The smallest absolute Gasteiger partial charge is 0.298 e. The molecule has 2 aromatic rings. The first-order valence-corrected chi connectivity index (χ1v) is 13.6. The molecule has 192 valence electrons. The Morgan fingerprint density at radius 2 is 2.11 bits per heavy atom. The van der Waals surface area contributed by atoms with E-state index >= 15 is 0 Å². The number of piperidine rings is 1. The monoisotopic (exact) mass is 498 g/mol. The minimum absolute atomic E-state index is 0.0272. The van der Waals surface area contributed by atoms with E-state index in [0.717, 1.165) is 48.5 Å². The number of phenols is 1. The standard InChI is InChI=1S/C31H34N2O4/c1-19-4-3-5-20(14-19)8-11-27(35)32(2)23-16-26-30-12-13-33(18-21-6-7-21)25(31(30,36)17-23)15-22-9-10-24(34)29(37-26)28(22)30/h3-5,9-10,14,21,23,25-26,34,36H,6-7,12-13,15-18H2,1-2H3/t23-,25-,26+,30-,31-/m1/s1. The first kappa shape index (κ1) is 23.1. The van der Waals surface area contributed by atoms with Gasteiger partial charge in [-0.1, -0.05) is 24.1 Å². The van der Waals surface area contributed by atoms with Crippen LogP contribution in [0.3, 0.4) is 0 Å². The zero-order valence-corrected chi connectivity index (χ0v) is 21.5. The van der Waals surface area contributed by atoms with Gasteiger partial charge in [0.05, 0.1) is 11.0 Å². The van der Waals surface area contributed by atoms with Crippen LogP contribution in [0.1, 0.15) is 54.4 Å². The summed E-state index contributed by atoms with van der Waals surface area (Å²) in [6, 6.07) is 11.4. The molecule has 3 fully saturated rings.